The first-order valence-corrected chi connectivity index (χ1v) is 15.0. The van der Waals surface area contributed by atoms with Crippen molar-refractivity contribution in [2.75, 3.05) is 0 Å². The van der Waals surface area contributed by atoms with Crippen molar-refractivity contribution < 1.29 is 0 Å². The summed E-state index contributed by atoms with van der Waals surface area (Å²) in [4.78, 5) is 4.76. The van der Waals surface area contributed by atoms with Crippen LogP contribution in [0, 0.1) is 0 Å². The van der Waals surface area contributed by atoms with E-state index in [2.05, 4.69) is 160 Å². The Balaban J connectivity index is 1.40. The van der Waals surface area contributed by atoms with Crippen LogP contribution in [-0.2, 0) is 0 Å². The highest BCUT2D eigenvalue weighted by molar-refractivity contribution is 6.24. The fourth-order valence-electron chi connectivity index (χ4n) is 6.88. The number of fused-ring (bicyclic) bond motifs is 7. The van der Waals surface area contributed by atoms with Crippen molar-refractivity contribution in [2.24, 2.45) is 0 Å². The first-order valence-electron chi connectivity index (χ1n) is 15.0. The van der Waals surface area contributed by atoms with Gasteiger partial charge in [0.25, 0.3) is 0 Å². The van der Waals surface area contributed by atoms with Crippen LogP contribution < -0.4 is 5.32 Å². The number of allylic oxidation sites excluding steroid dienone is 2. The molecule has 0 amide bonds. The molecule has 3 aromatic heterocycles. The summed E-state index contributed by atoms with van der Waals surface area (Å²) >= 11 is 0. The topological polar surface area (TPSA) is 34.8 Å². The summed E-state index contributed by atoms with van der Waals surface area (Å²) in [5.74, 6) is 0. The van der Waals surface area contributed by atoms with E-state index < -0.39 is 0 Å². The van der Waals surface area contributed by atoms with Gasteiger partial charge in [-0.3, -0.25) is 4.98 Å². The molecule has 4 heteroatoms. The van der Waals surface area contributed by atoms with E-state index in [1.165, 1.54) is 49.2 Å². The molecule has 1 N–H and O–H groups in total. The van der Waals surface area contributed by atoms with Crippen molar-refractivity contribution in [3.05, 3.63) is 164 Å². The van der Waals surface area contributed by atoms with Gasteiger partial charge in [-0.15, -0.1) is 0 Å². The Morgan fingerprint density at radius 2 is 1.18 bits per heavy atom. The fourth-order valence-corrected chi connectivity index (χ4v) is 6.88. The van der Waals surface area contributed by atoms with Crippen molar-refractivity contribution in [3.63, 3.8) is 0 Å². The molecule has 0 spiro atoms. The van der Waals surface area contributed by atoms with Crippen LogP contribution >= 0.6 is 0 Å². The molecule has 1 aliphatic rings. The van der Waals surface area contributed by atoms with Crippen molar-refractivity contribution in [3.8, 4) is 16.9 Å². The lowest BCUT2D eigenvalue weighted by Gasteiger charge is -2.21. The summed E-state index contributed by atoms with van der Waals surface area (Å²) in [6, 6.07) is 47.5. The molecule has 0 fully saturated rings. The third-order valence-electron chi connectivity index (χ3n) is 8.82. The van der Waals surface area contributed by atoms with Crippen LogP contribution in [0.3, 0.4) is 0 Å². The van der Waals surface area contributed by atoms with Gasteiger partial charge in [-0.1, -0.05) is 109 Å². The van der Waals surface area contributed by atoms with Gasteiger partial charge in [0.1, 0.15) is 0 Å². The molecule has 1 aliphatic heterocycles. The number of nitrogens with one attached hydrogen (secondary N) is 1. The highest BCUT2D eigenvalue weighted by Crippen LogP contribution is 2.42. The maximum atomic E-state index is 4.76. The Kier molecular flexibility index (Phi) is 5.53. The minimum Gasteiger partial charge on any atom is -0.380 e. The van der Waals surface area contributed by atoms with Crippen molar-refractivity contribution in [1.82, 2.24) is 19.4 Å². The summed E-state index contributed by atoms with van der Waals surface area (Å²) in [7, 11) is 0. The number of pyridine rings is 1. The molecule has 4 nitrogen and oxygen atoms in total. The van der Waals surface area contributed by atoms with Crippen molar-refractivity contribution >= 4 is 49.3 Å². The Morgan fingerprint density at radius 3 is 1.91 bits per heavy atom. The van der Waals surface area contributed by atoms with Gasteiger partial charge in [-0.05, 0) is 48.2 Å². The summed E-state index contributed by atoms with van der Waals surface area (Å²) in [6.07, 6.45) is 8.54. The molecule has 1 atom stereocenters. The van der Waals surface area contributed by atoms with Gasteiger partial charge in [0.15, 0.2) is 0 Å². The summed E-state index contributed by atoms with van der Waals surface area (Å²) in [5.41, 5.74) is 10.3. The third kappa shape index (κ3) is 3.74. The van der Waals surface area contributed by atoms with E-state index in [1.54, 1.807) is 0 Å². The van der Waals surface area contributed by atoms with E-state index in [-0.39, 0.29) is 6.04 Å². The smallest absolute Gasteiger partial charge is 0.0788 e. The molecular formula is C40H28N4. The maximum Gasteiger partial charge on any atom is 0.0788 e. The van der Waals surface area contributed by atoms with Gasteiger partial charge >= 0.3 is 0 Å². The highest BCUT2D eigenvalue weighted by atomic mass is 15.1. The second kappa shape index (κ2) is 9.85. The van der Waals surface area contributed by atoms with Gasteiger partial charge in [-0.25, -0.2) is 0 Å². The van der Waals surface area contributed by atoms with Crippen LogP contribution in [0.5, 0.6) is 0 Å². The van der Waals surface area contributed by atoms with Crippen molar-refractivity contribution in [1.29, 1.82) is 0 Å². The number of hydrogen-bond acceptors (Lipinski definition) is 2. The zero-order valence-electron chi connectivity index (χ0n) is 23.9. The normalized spacial score (nSPS) is 14.8. The first kappa shape index (κ1) is 24.7. The number of nitrogens with zero attached hydrogens (tertiary/aromatic N) is 3. The maximum absolute atomic E-state index is 4.76. The van der Waals surface area contributed by atoms with Crippen LogP contribution in [-0.4, -0.2) is 14.1 Å². The molecule has 0 bridgehead atoms. The molecule has 0 radical (unpaired) electrons. The number of para-hydroxylation sites is 2. The number of hydrogen-bond donors (Lipinski definition) is 1. The largest absolute Gasteiger partial charge is 0.380 e. The predicted octanol–water partition coefficient (Wildman–Crippen LogP) is 9.65. The molecule has 4 heterocycles. The highest BCUT2D eigenvalue weighted by Gasteiger charge is 2.23. The zero-order chi connectivity index (χ0) is 29.0. The number of rotatable bonds is 4. The van der Waals surface area contributed by atoms with Crippen LogP contribution in [0.2, 0.25) is 0 Å². The van der Waals surface area contributed by atoms with Crippen molar-refractivity contribution in [2.45, 2.75) is 6.04 Å². The quantitative estimate of drug-likeness (QED) is 0.231. The van der Waals surface area contributed by atoms with E-state index in [0.717, 1.165) is 22.6 Å². The van der Waals surface area contributed by atoms with Gasteiger partial charge in [0, 0.05) is 44.7 Å². The average molecular weight is 565 g/mol. The van der Waals surface area contributed by atoms with E-state index >= 15 is 0 Å². The lowest BCUT2D eigenvalue weighted by Crippen LogP contribution is -2.17. The Labute approximate surface area is 254 Å². The second-order valence-corrected chi connectivity index (χ2v) is 11.3. The molecule has 1 unspecified atom stereocenters. The molecule has 9 rings (SSSR count). The average Bonchev–Trinajstić information content (AvgIpc) is 3.62. The first-order chi connectivity index (χ1) is 21.8. The number of aromatic nitrogens is 3. The Hall–Kier alpha value is -5.87. The SMILES string of the molecule is C1=CC(n2c3ccccc3c3ccc4c5ccccc5n(-c5ccnc(-c6ccccc6)c5)c4c32)=CC(c2ccccc2)N1. The fraction of sp³-hybridized carbons (Fsp3) is 0.0250. The van der Waals surface area contributed by atoms with Crippen LogP contribution in [0.4, 0.5) is 0 Å². The molecule has 5 aromatic carbocycles. The Morgan fingerprint density at radius 1 is 0.568 bits per heavy atom. The van der Waals surface area contributed by atoms with Gasteiger partial charge < -0.3 is 14.5 Å². The molecule has 44 heavy (non-hydrogen) atoms. The van der Waals surface area contributed by atoms with Gasteiger partial charge in [0.05, 0.1) is 33.8 Å². The summed E-state index contributed by atoms with van der Waals surface area (Å²) < 4.78 is 4.88. The lowest BCUT2D eigenvalue weighted by molar-refractivity contribution is 0.745. The minimum atomic E-state index is 0.0751. The van der Waals surface area contributed by atoms with E-state index in [0.29, 0.717) is 0 Å². The number of dihydropyridines is 1. The molecule has 208 valence electrons. The van der Waals surface area contributed by atoms with Crippen LogP contribution in [0.25, 0.3) is 66.3 Å². The summed E-state index contributed by atoms with van der Waals surface area (Å²) in [5, 5.41) is 8.50. The summed E-state index contributed by atoms with van der Waals surface area (Å²) in [6.45, 7) is 0. The lowest BCUT2D eigenvalue weighted by atomic mass is 10.0. The molecule has 0 aliphatic carbocycles. The van der Waals surface area contributed by atoms with Gasteiger partial charge in [-0.2, -0.15) is 0 Å². The number of benzene rings is 5. The van der Waals surface area contributed by atoms with E-state index in [4.69, 9.17) is 4.98 Å². The van der Waals surface area contributed by atoms with E-state index in [1.807, 2.05) is 12.3 Å². The standard InChI is InChI=1S/C40H28N4/c1-3-11-27(12-4-1)35-25-29(21-23-41-35)43-37-17-9-7-15-31(37)33-19-20-34-32-16-8-10-18-38(32)44(40(34)39(33)43)30-22-24-42-36(26-30)28-13-5-2-6-14-28/h1-26,35,41H. The Bertz CT molecular complexity index is 2410. The van der Waals surface area contributed by atoms with E-state index in [9.17, 15) is 0 Å². The zero-order valence-corrected chi connectivity index (χ0v) is 23.9. The van der Waals surface area contributed by atoms with Gasteiger partial charge in [0.2, 0.25) is 0 Å². The molecule has 0 saturated heterocycles. The monoisotopic (exact) mass is 564 g/mol. The molecular weight excluding hydrogens is 536 g/mol. The third-order valence-corrected chi connectivity index (χ3v) is 8.82. The van der Waals surface area contributed by atoms with Crippen LogP contribution in [0.15, 0.2) is 158 Å². The molecule has 8 aromatic rings. The predicted molar refractivity (Wildman–Crippen MR) is 183 cm³/mol. The molecule has 0 saturated carbocycles. The minimum absolute atomic E-state index is 0.0751. The van der Waals surface area contributed by atoms with Crippen LogP contribution in [0.1, 0.15) is 11.6 Å². The second-order valence-electron chi connectivity index (χ2n) is 11.3.